The van der Waals surface area contributed by atoms with Gasteiger partial charge in [0.05, 0.1) is 0 Å². The third kappa shape index (κ3) is 7.55. The van der Waals surface area contributed by atoms with E-state index in [1.165, 1.54) is 6.42 Å². The average Bonchev–Trinajstić information content (AvgIpc) is 2.11. The molecule has 0 aliphatic rings. The number of hydrogen-bond donors (Lipinski definition) is 3. The lowest BCUT2D eigenvalue weighted by molar-refractivity contribution is 0.394. The molecule has 0 unspecified atom stereocenters. The first-order valence-corrected chi connectivity index (χ1v) is 4.52. The molecule has 78 valence electrons. The van der Waals surface area contributed by atoms with Gasteiger partial charge in [-0.05, 0) is 33.5 Å². The van der Waals surface area contributed by atoms with Crippen LogP contribution in [0.15, 0.2) is 4.99 Å². The molecule has 5 nitrogen and oxygen atoms in total. The van der Waals surface area contributed by atoms with Crippen LogP contribution >= 0.6 is 0 Å². The number of hydrazine groups is 1. The van der Waals surface area contributed by atoms with Crippen LogP contribution in [0.4, 0.5) is 0 Å². The van der Waals surface area contributed by atoms with Crippen molar-refractivity contribution in [2.24, 2.45) is 10.8 Å². The molecule has 5 heteroatoms. The highest BCUT2D eigenvalue weighted by molar-refractivity contribution is 5.78. The average molecular weight is 187 g/mol. The molecule has 0 rings (SSSR count). The third-order valence-electron chi connectivity index (χ3n) is 1.68. The highest BCUT2D eigenvalue weighted by atomic mass is 15.3. The van der Waals surface area contributed by atoms with Crippen molar-refractivity contribution in [3.8, 4) is 0 Å². The lowest BCUT2D eigenvalue weighted by Crippen LogP contribution is -2.41. The molecule has 0 amide bonds. The molecule has 0 aromatic rings. The summed E-state index contributed by atoms with van der Waals surface area (Å²) in [6, 6.07) is 0. The zero-order chi connectivity index (χ0) is 10.1. The van der Waals surface area contributed by atoms with Crippen molar-refractivity contribution in [1.82, 2.24) is 15.6 Å². The topological polar surface area (TPSA) is 65.7 Å². The molecule has 4 N–H and O–H groups in total. The first kappa shape index (κ1) is 12.2. The number of nitrogens with zero attached hydrogens (tertiary/aromatic N) is 2. The molecule has 0 spiro atoms. The highest BCUT2D eigenvalue weighted by Crippen LogP contribution is 1.88. The second-order valence-electron chi connectivity index (χ2n) is 3.15. The maximum atomic E-state index is 5.19. The minimum Gasteiger partial charge on any atom is -0.355 e. The second-order valence-corrected chi connectivity index (χ2v) is 3.15. The van der Waals surface area contributed by atoms with Crippen LogP contribution in [-0.4, -0.2) is 45.1 Å². The van der Waals surface area contributed by atoms with Crippen LogP contribution < -0.4 is 16.6 Å². The summed E-state index contributed by atoms with van der Waals surface area (Å²) in [6.45, 7) is 2.03. The molecular weight excluding hydrogens is 166 g/mol. The molecule has 0 atom stereocenters. The Labute approximate surface area is 80.4 Å². The Balaban J connectivity index is 3.25. The van der Waals surface area contributed by atoms with E-state index in [0.717, 1.165) is 19.5 Å². The van der Waals surface area contributed by atoms with Crippen LogP contribution in [0.1, 0.15) is 12.8 Å². The van der Waals surface area contributed by atoms with E-state index >= 15 is 0 Å². The quantitative estimate of drug-likeness (QED) is 0.176. The SMILES string of the molecule is CN=C(NN)NCCCCN(C)C. The number of rotatable bonds is 5. The van der Waals surface area contributed by atoms with Gasteiger partial charge in [-0.2, -0.15) is 0 Å². The summed E-state index contributed by atoms with van der Waals surface area (Å²) in [7, 11) is 5.85. The van der Waals surface area contributed by atoms with Gasteiger partial charge < -0.3 is 10.2 Å². The van der Waals surface area contributed by atoms with Crippen molar-refractivity contribution in [2.75, 3.05) is 34.2 Å². The predicted octanol–water partition coefficient (Wildman–Crippen LogP) is -0.633. The molecule has 0 aliphatic carbocycles. The van der Waals surface area contributed by atoms with Crippen LogP contribution in [0, 0.1) is 0 Å². The molecule has 0 fully saturated rings. The lowest BCUT2D eigenvalue weighted by atomic mass is 10.3. The van der Waals surface area contributed by atoms with Gasteiger partial charge in [0.1, 0.15) is 0 Å². The zero-order valence-electron chi connectivity index (χ0n) is 8.80. The summed E-state index contributed by atoms with van der Waals surface area (Å²) in [5, 5.41) is 3.09. The van der Waals surface area contributed by atoms with Gasteiger partial charge >= 0.3 is 0 Å². The smallest absolute Gasteiger partial charge is 0.205 e. The Hall–Kier alpha value is -0.810. The van der Waals surface area contributed by atoms with Crippen LogP contribution in [0.25, 0.3) is 0 Å². The van der Waals surface area contributed by atoms with E-state index in [1.54, 1.807) is 7.05 Å². The van der Waals surface area contributed by atoms with Crippen molar-refractivity contribution < 1.29 is 0 Å². The summed E-state index contributed by atoms with van der Waals surface area (Å²) in [6.07, 6.45) is 2.31. The van der Waals surface area contributed by atoms with Gasteiger partial charge in [0, 0.05) is 13.6 Å². The van der Waals surface area contributed by atoms with Gasteiger partial charge in [-0.15, -0.1) is 0 Å². The maximum Gasteiger partial charge on any atom is 0.205 e. The summed E-state index contributed by atoms with van der Waals surface area (Å²) in [4.78, 5) is 6.07. The van der Waals surface area contributed by atoms with Crippen molar-refractivity contribution in [2.45, 2.75) is 12.8 Å². The van der Waals surface area contributed by atoms with E-state index < -0.39 is 0 Å². The van der Waals surface area contributed by atoms with E-state index in [1.807, 2.05) is 0 Å². The second kappa shape index (κ2) is 7.82. The van der Waals surface area contributed by atoms with Crippen LogP contribution in [0.5, 0.6) is 0 Å². The normalized spacial score (nSPS) is 11.9. The summed E-state index contributed by atoms with van der Waals surface area (Å²) >= 11 is 0. The third-order valence-corrected chi connectivity index (χ3v) is 1.68. The van der Waals surface area contributed by atoms with E-state index in [9.17, 15) is 0 Å². The Kier molecular flexibility index (Phi) is 7.33. The van der Waals surface area contributed by atoms with Crippen molar-refractivity contribution >= 4 is 5.96 Å². The van der Waals surface area contributed by atoms with Gasteiger partial charge in [0.2, 0.25) is 5.96 Å². The number of hydrogen-bond acceptors (Lipinski definition) is 3. The van der Waals surface area contributed by atoms with E-state index in [2.05, 4.69) is 34.7 Å². The van der Waals surface area contributed by atoms with Crippen molar-refractivity contribution in [3.05, 3.63) is 0 Å². The maximum absolute atomic E-state index is 5.19. The number of aliphatic imine (C=N–C) groups is 1. The number of unbranched alkanes of at least 4 members (excludes halogenated alkanes) is 1. The first-order chi connectivity index (χ1) is 6.20. The van der Waals surface area contributed by atoms with Crippen LogP contribution in [0.3, 0.4) is 0 Å². The van der Waals surface area contributed by atoms with Gasteiger partial charge in [0.25, 0.3) is 0 Å². The minimum absolute atomic E-state index is 0.643. The largest absolute Gasteiger partial charge is 0.355 e. The molecule has 0 radical (unpaired) electrons. The fraction of sp³-hybridized carbons (Fsp3) is 0.875. The monoisotopic (exact) mass is 187 g/mol. The molecule has 0 heterocycles. The van der Waals surface area contributed by atoms with Crippen LogP contribution in [0.2, 0.25) is 0 Å². The number of guanidine groups is 1. The number of nitrogens with two attached hydrogens (primary N) is 1. The Bertz CT molecular complexity index is 143. The summed E-state index contributed by atoms with van der Waals surface area (Å²) in [5.41, 5.74) is 2.48. The molecule has 0 bridgehead atoms. The van der Waals surface area contributed by atoms with Gasteiger partial charge in [-0.3, -0.25) is 10.4 Å². The molecule has 13 heavy (non-hydrogen) atoms. The Morgan fingerprint density at radius 3 is 2.54 bits per heavy atom. The molecule has 0 aliphatic heterocycles. The van der Waals surface area contributed by atoms with E-state index in [-0.39, 0.29) is 0 Å². The molecular formula is C8H21N5. The fourth-order valence-electron chi connectivity index (χ4n) is 0.954. The predicted molar refractivity (Wildman–Crippen MR) is 56.5 cm³/mol. The number of nitrogens with one attached hydrogen (secondary N) is 2. The van der Waals surface area contributed by atoms with Gasteiger partial charge in [-0.25, -0.2) is 5.84 Å². The Morgan fingerprint density at radius 1 is 1.38 bits per heavy atom. The molecule has 0 saturated carbocycles. The molecule has 0 saturated heterocycles. The first-order valence-electron chi connectivity index (χ1n) is 4.52. The fourth-order valence-corrected chi connectivity index (χ4v) is 0.954. The standard InChI is InChI=1S/C8H21N5/c1-10-8(12-9)11-6-4-5-7-13(2)3/h4-7,9H2,1-3H3,(H2,10,11,12). The van der Waals surface area contributed by atoms with Gasteiger partial charge in [-0.1, -0.05) is 0 Å². The van der Waals surface area contributed by atoms with Crippen molar-refractivity contribution in [1.29, 1.82) is 0 Å². The molecule has 0 aromatic heterocycles. The van der Waals surface area contributed by atoms with E-state index in [0.29, 0.717) is 5.96 Å². The van der Waals surface area contributed by atoms with E-state index in [4.69, 9.17) is 5.84 Å². The lowest BCUT2D eigenvalue weighted by Gasteiger charge is -2.10. The Morgan fingerprint density at radius 2 is 2.08 bits per heavy atom. The highest BCUT2D eigenvalue weighted by Gasteiger charge is 1.93. The van der Waals surface area contributed by atoms with Crippen molar-refractivity contribution in [3.63, 3.8) is 0 Å². The minimum atomic E-state index is 0.643. The molecule has 0 aromatic carbocycles. The summed E-state index contributed by atoms with van der Waals surface area (Å²) in [5.74, 6) is 5.84. The summed E-state index contributed by atoms with van der Waals surface area (Å²) < 4.78 is 0. The van der Waals surface area contributed by atoms with Crippen LogP contribution in [-0.2, 0) is 0 Å². The van der Waals surface area contributed by atoms with Gasteiger partial charge in [0.15, 0.2) is 0 Å². The zero-order valence-corrected chi connectivity index (χ0v) is 8.80.